The molecule has 0 aliphatic heterocycles. The third-order valence-corrected chi connectivity index (χ3v) is 2.24. The van der Waals surface area contributed by atoms with Crippen LogP contribution >= 0.6 is 11.6 Å². The molecule has 0 N–H and O–H groups in total. The first-order chi connectivity index (χ1) is 7.31. The van der Waals surface area contributed by atoms with Crippen molar-refractivity contribution >= 4 is 11.6 Å². The number of benzene rings is 1. The Balaban J connectivity index is 2.69. The molecule has 0 spiro atoms. The fourth-order valence-electron chi connectivity index (χ4n) is 1.16. The van der Waals surface area contributed by atoms with Crippen LogP contribution in [0.15, 0.2) is 18.2 Å². The van der Waals surface area contributed by atoms with Crippen LogP contribution in [0.3, 0.4) is 0 Å². The molecule has 1 aromatic rings. The lowest BCUT2D eigenvalue weighted by Gasteiger charge is -2.10. The number of hydrogen-bond donors (Lipinski definition) is 0. The average molecular weight is 233 g/mol. The SMILES string of the molecule is COc1ccc(OCCCF)c(CCl)c1. The highest BCUT2D eigenvalue weighted by atomic mass is 35.5. The highest BCUT2D eigenvalue weighted by molar-refractivity contribution is 6.17. The third kappa shape index (κ3) is 3.59. The summed E-state index contributed by atoms with van der Waals surface area (Å²) in [5.74, 6) is 1.78. The van der Waals surface area contributed by atoms with E-state index in [1.165, 1.54) is 0 Å². The molecular weight excluding hydrogens is 219 g/mol. The Morgan fingerprint density at radius 1 is 1.40 bits per heavy atom. The predicted octanol–water partition coefficient (Wildman–Crippen LogP) is 3.17. The topological polar surface area (TPSA) is 18.5 Å². The number of hydrogen-bond acceptors (Lipinski definition) is 2. The van der Waals surface area contributed by atoms with E-state index >= 15 is 0 Å². The van der Waals surface area contributed by atoms with Gasteiger partial charge in [-0.05, 0) is 18.2 Å². The van der Waals surface area contributed by atoms with E-state index in [0.717, 1.165) is 11.3 Å². The first-order valence-corrected chi connectivity index (χ1v) is 5.27. The van der Waals surface area contributed by atoms with Gasteiger partial charge in [0.2, 0.25) is 0 Å². The van der Waals surface area contributed by atoms with Crippen LogP contribution in [0.25, 0.3) is 0 Å². The summed E-state index contributed by atoms with van der Waals surface area (Å²) in [4.78, 5) is 0. The standard InChI is InChI=1S/C11H14ClFO2/c1-14-10-3-4-11(9(7-10)8-12)15-6-2-5-13/h3-4,7H,2,5-6,8H2,1H3. The van der Waals surface area contributed by atoms with Crippen LogP contribution in [0.2, 0.25) is 0 Å². The van der Waals surface area contributed by atoms with Crippen molar-refractivity contribution in [3.8, 4) is 11.5 Å². The Kier molecular flexibility index (Phi) is 5.26. The predicted molar refractivity (Wildman–Crippen MR) is 58.6 cm³/mol. The molecule has 0 heterocycles. The summed E-state index contributed by atoms with van der Waals surface area (Å²) in [6.45, 7) is -0.000912. The van der Waals surface area contributed by atoms with Gasteiger partial charge in [0.25, 0.3) is 0 Å². The lowest BCUT2D eigenvalue weighted by molar-refractivity contribution is 0.287. The molecule has 0 unspecified atom stereocenters. The maximum Gasteiger partial charge on any atom is 0.123 e. The van der Waals surface area contributed by atoms with Gasteiger partial charge in [-0.15, -0.1) is 11.6 Å². The Labute approximate surface area is 94.0 Å². The van der Waals surface area contributed by atoms with Crippen LogP contribution in [0.1, 0.15) is 12.0 Å². The van der Waals surface area contributed by atoms with E-state index in [-0.39, 0.29) is 6.67 Å². The van der Waals surface area contributed by atoms with E-state index in [1.54, 1.807) is 19.2 Å². The van der Waals surface area contributed by atoms with Crippen molar-refractivity contribution in [1.82, 2.24) is 0 Å². The van der Waals surface area contributed by atoms with Crippen molar-refractivity contribution < 1.29 is 13.9 Å². The van der Waals surface area contributed by atoms with Crippen LogP contribution in [0.5, 0.6) is 11.5 Å². The van der Waals surface area contributed by atoms with Crippen molar-refractivity contribution in [2.45, 2.75) is 12.3 Å². The summed E-state index contributed by atoms with van der Waals surface area (Å²) >= 11 is 5.76. The minimum atomic E-state index is -0.369. The Morgan fingerprint density at radius 2 is 2.20 bits per heavy atom. The zero-order chi connectivity index (χ0) is 11.1. The lowest BCUT2D eigenvalue weighted by atomic mass is 10.2. The molecule has 1 aromatic carbocycles. The van der Waals surface area contributed by atoms with Crippen molar-refractivity contribution in [1.29, 1.82) is 0 Å². The maximum atomic E-state index is 11.9. The molecule has 0 atom stereocenters. The quantitative estimate of drug-likeness (QED) is 0.554. The van der Waals surface area contributed by atoms with Gasteiger partial charge in [0, 0.05) is 12.0 Å². The van der Waals surface area contributed by atoms with E-state index in [1.807, 2.05) is 6.07 Å². The second kappa shape index (κ2) is 6.51. The molecule has 15 heavy (non-hydrogen) atoms. The van der Waals surface area contributed by atoms with Crippen LogP contribution in [-0.4, -0.2) is 20.4 Å². The molecule has 0 aromatic heterocycles. The molecule has 0 saturated heterocycles. The molecule has 4 heteroatoms. The van der Waals surface area contributed by atoms with E-state index in [0.29, 0.717) is 24.7 Å². The molecule has 0 aliphatic carbocycles. The van der Waals surface area contributed by atoms with Crippen LogP contribution in [0.4, 0.5) is 4.39 Å². The van der Waals surface area contributed by atoms with Gasteiger partial charge < -0.3 is 9.47 Å². The lowest BCUT2D eigenvalue weighted by Crippen LogP contribution is -2.00. The number of halogens is 2. The van der Waals surface area contributed by atoms with Crippen molar-refractivity contribution in [2.75, 3.05) is 20.4 Å². The second-order valence-electron chi connectivity index (χ2n) is 3.00. The number of ether oxygens (including phenoxy) is 2. The van der Waals surface area contributed by atoms with Gasteiger partial charge in [-0.1, -0.05) is 0 Å². The van der Waals surface area contributed by atoms with Crippen molar-refractivity contribution in [3.05, 3.63) is 23.8 Å². The van der Waals surface area contributed by atoms with Crippen LogP contribution in [-0.2, 0) is 5.88 Å². The molecule has 0 bridgehead atoms. The van der Waals surface area contributed by atoms with Gasteiger partial charge in [0.1, 0.15) is 11.5 Å². The highest BCUT2D eigenvalue weighted by Crippen LogP contribution is 2.25. The zero-order valence-electron chi connectivity index (χ0n) is 8.63. The Bertz CT molecular complexity index is 305. The van der Waals surface area contributed by atoms with Gasteiger partial charge >= 0.3 is 0 Å². The molecule has 0 saturated carbocycles. The highest BCUT2D eigenvalue weighted by Gasteiger charge is 2.04. The summed E-state index contributed by atoms with van der Waals surface area (Å²) < 4.78 is 22.3. The van der Waals surface area contributed by atoms with Gasteiger partial charge in [0.15, 0.2) is 0 Å². The van der Waals surface area contributed by atoms with Crippen molar-refractivity contribution in [2.24, 2.45) is 0 Å². The normalized spacial score (nSPS) is 10.1. The molecule has 0 aliphatic rings. The zero-order valence-corrected chi connectivity index (χ0v) is 9.39. The molecule has 0 radical (unpaired) electrons. The molecule has 84 valence electrons. The third-order valence-electron chi connectivity index (χ3n) is 1.95. The van der Waals surface area contributed by atoms with Gasteiger partial charge in [-0.2, -0.15) is 0 Å². The largest absolute Gasteiger partial charge is 0.497 e. The average Bonchev–Trinajstić information content (AvgIpc) is 2.29. The van der Waals surface area contributed by atoms with Gasteiger partial charge in [-0.3, -0.25) is 4.39 Å². The summed E-state index contributed by atoms with van der Waals surface area (Å²) in [5, 5.41) is 0. The minimum absolute atomic E-state index is 0.349. The molecular formula is C11H14ClFO2. The smallest absolute Gasteiger partial charge is 0.123 e. The molecule has 1 rings (SSSR count). The number of methoxy groups -OCH3 is 1. The maximum absolute atomic E-state index is 11.9. The summed E-state index contributed by atoms with van der Waals surface area (Å²) in [6.07, 6.45) is 0.397. The van der Waals surface area contributed by atoms with Crippen molar-refractivity contribution in [3.63, 3.8) is 0 Å². The summed E-state index contributed by atoms with van der Waals surface area (Å²) in [7, 11) is 1.59. The monoisotopic (exact) mass is 232 g/mol. The van der Waals surface area contributed by atoms with Crippen LogP contribution in [0, 0.1) is 0 Å². The minimum Gasteiger partial charge on any atom is -0.497 e. The molecule has 0 amide bonds. The first-order valence-electron chi connectivity index (χ1n) is 4.73. The Morgan fingerprint density at radius 3 is 2.80 bits per heavy atom. The van der Waals surface area contributed by atoms with Gasteiger partial charge in [-0.25, -0.2) is 0 Å². The van der Waals surface area contributed by atoms with Crippen LogP contribution < -0.4 is 9.47 Å². The van der Waals surface area contributed by atoms with E-state index in [4.69, 9.17) is 21.1 Å². The fraction of sp³-hybridized carbons (Fsp3) is 0.455. The number of rotatable bonds is 6. The van der Waals surface area contributed by atoms with E-state index in [9.17, 15) is 4.39 Å². The number of alkyl halides is 2. The van der Waals surface area contributed by atoms with E-state index in [2.05, 4.69) is 0 Å². The summed E-state index contributed by atoms with van der Waals surface area (Å²) in [5.41, 5.74) is 0.856. The molecule has 0 fully saturated rings. The summed E-state index contributed by atoms with van der Waals surface area (Å²) in [6, 6.07) is 5.40. The fourth-order valence-corrected chi connectivity index (χ4v) is 1.37. The molecule has 2 nitrogen and oxygen atoms in total. The van der Waals surface area contributed by atoms with E-state index < -0.39 is 0 Å². The Hall–Kier alpha value is -0.960. The second-order valence-corrected chi connectivity index (χ2v) is 3.27. The first kappa shape index (κ1) is 12.1. The van der Waals surface area contributed by atoms with Gasteiger partial charge in [0.05, 0.1) is 26.3 Å².